The molecule has 1 heterocycles. The van der Waals surface area contributed by atoms with Gasteiger partial charge in [0.1, 0.15) is 0 Å². The maximum atomic E-state index is 12.5. The third kappa shape index (κ3) is 5.14. The molecule has 0 aromatic heterocycles. The van der Waals surface area contributed by atoms with Crippen molar-refractivity contribution in [2.75, 3.05) is 25.0 Å². The van der Waals surface area contributed by atoms with Crippen molar-refractivity contribution < 1.29 is 22.7 Å². The molecular weight excluding hydrogens is 416 g/mol. The Bertz CT molecular complexity index is 1020. The maximum absolute atomic E-state index is 12.5. The summed E-state index contributed by atoms with van der Waals surface area (Å²) in [6, 6.07) is 10.7. The van der Waals surface area contributed by atoms with Gasteiger partial charge in [0, 0.05) is 13.1 Å². The Morgan fingerprint density at radius 3 is 2.38 bits per heavy atom. The van der Waals surface area contributed by atoms with Crippen LogP contribution in [-0.4, -0.2) is 44.3 Å². The van der Waals surface area contributed by atoms with Gasteiger partial charge in [0.25, 0.3) is 5.91 Å². The second-order valence-corrected chi connectivity index (χ2v) is 9.09. The molecule has 1 aliphatic heterocycles. The van der Waals surface area contributed by atoms with E-state index in [-0.39, 0.29) is 10.5 Å². The summed E-state index contributed by atoms with van der Waals surface area (Å²) in [5.41, 5.74) is 1.54. The number of esters is 1. The van der Waals surface area contributed by atoms with Gasteiger partial charge >= 0.3 is 5.97 Å². The third-order valence-electron chi connectivity index (χ3n) is 4.53. The molecule has 29 heavy (non-hydrogen) atoms. The molecule has 1 N–H and O–H groups in total. The fourth-order valence-electron chi connectivity index (χ4n) is 2.96. The van der Waals surface area contributed by atoms with E-state index in [0.29, 0.717) is 23.8 Å². The summed E-state index contributed by atoms with van der Waals surface area (Å²) >= 11 is 6.06. The largest absolute Gasteiger partial charge is 0.452 e. The molecule has 1 amide bonds. The second kappa shape index (κ2) is 8.94. The smallest absolute Gasteiger partial charge is 0.338 e. The van der Waals surface area contributed by atoms with Gasteiger partial charge in [-0.1, -0.05) is 17.7 Å². The Morgan fingerprint density at radius 1 is 1.10 bits per heavy atom. The Balaban J connectivity index is 1.57. The number of hydrogen-bond acceptors (Lipinski definition) is 5. The van der Waals surface area contributed by atoms with Crippen LogP contribution in [0.15, 0.2) is 47.4 Å². The fourth-order valence-corrected chi connectivity index (χ4v) is 4.76. The lowest BCUT2D eigenvalue weighted by Crippen LogP contribution is -2.27. The summed E-state index contributed by atoms with van der Waals surface area (Å²) in [6.45, 7) is 2.40. The molecule has 0 aliphatic carbocycles. The maximum Gasteiger partial charge on any atom is 0.338 e. The molecule has 2 aromatic carbocycles. The first-order chi connectivity index (χ1) is 13.8. The number of hydrogen-bond donors (Lipinski definition) is 1. The summed E-state index contributed by atoms with van der Waals surface area (Å²) in [5.74, 6) is -1.25. The van der Waals surface area contributed by atoms with Gasteiger partial charge in [-0.2, -0.15) is 4.31 Å². The first-order valence-corrected chi connectivity index (χ1v) is 10.9. The number of nitrogens with zero attached hydrogens (tertiary/aromatic N) is 1. The van der Waals surface area contributed by atoms with Crippen molar-refractivity contribution in [3.8, 4) is 0 Å². The minimum atomic E-state index is -3.54. The molecule has 1 aliphatic rings. The van der Waals surface area contributed by atoms with E-state index in [2.05, 4.69) is 5.32 Å². The number of halogens is 1. The van der Waals surface area contributed by atoms with Crippen LogP contribution < -0.4 is 5.32 Å². The molecule has 2 aromatic rings. The zero-order chi connectivity index (χ0) is 21.0. The number of anilines is 1. The minimum Gasteiger partial charge on any atom is -0.452 e. The van der Waals surface area contributed by atoms with E-state index in [1.165, 1.54) is 28.6 Å². The van der Waals surface area contributed by atoms with Crippen molar-refractivity contribution in [2.24, 2.45) is 0 Å². The SMILES string of the molecule is Cc1ccc(NC(=O)COC(=O)c2ccc(S(=O)(=O)N3CCCC3)cc2)c(Cl)c1. The van der Waals surface area contributed by atoms with Gasteiger partial charge in [-0.3, -0.25) is 4.79 Å². The molecule has 0 atom stereocenters. The lowest BCUT2D eigenvalue weighted by atomic mass is 10.2. The van der Waals surface area contributed by atoms with Crippen molar-refractivity contribution in [2.45, 2.75) is 24.7 Å². The molecule has 7 nitrogen and oxygen atoms in total. The van der Waals surface area contributed by atoms with Gasteiger partial charge in [0.05, 0.1) is 21.2 Å². The van der Waals surface area contributed by atoms with E-state index in [1.54, 1.807) is 18.2 Å². The molecule has 0 bridgehead atoms. The summed E-state index contributed by atoms with van der Waals surface area (Å²) < 4.78 is 31.4. The fraction of sp³-hybridized carbons (Fsp3) is 0.300. The van der Waals surface area contributed by atoms with Crippen molar-refractivity contribution in [1.29, 1.82) is 0 Å². The van der Waals surface area contributed by atoms with E-state index in [1.807, 2.05) is 6.92 Å². The standard InChI is InChI=1S/C20H21ClN2O5S/c1-14-4-9-18(17(21)12-14)22-19(24)13-28-20(25)15-5-7-16(8-6-15)29(26,27)23-10-2-3-11-23/h4-9,12H,2-3,10-11,13H2,1H3,(H,22,24). The molecule has 3 rings (SSSR count). The topological polar surface area (TPSA) is 92.8 Å². The molecule has 0 radical (unpaired) electrons. The average Bonchev–Trinajstić information content (AvgIpc) is 3.24. The van der Waals surface area contributed by atoms with E-state index in [4.69, 9.17) is 16.3 Å². The van der Waals surface area contributed by atoms with Crippen LogP contribution in [0.1, 0.15) is 28.8 Å². The van der Waals surface area contributed by atoms with Gasteiger partial charge in [-0.25, -0.2) is 13.2 Å². The summed E-state index contributed by atoms with van der Waals surface area (Å²) in [4.78, 5) is 24.3. The highest BCUT2D eigenvalue weighted by Crippen LogP contribution is 2.23. The van der Waals surface area contributed by atoms with Crippen molar-refractivity contribution >= 4 is 39.2 Å². The number of benzene rings is 2. The lowest BCUT2D eigenvalue weighted by Gasteiger charge is -2.15. The predicted octanol–water partition coefficient (Wildman–Crippen LogP) is 3.23. The van der Waals surface area contributed by atoms with E-state index in [9.17, 15) is 18.0 Å². The summed E-state index contributed by atoms with van der Waals surface area (Å²) in [5, 5.41) is 2.96. The highest BCUT2D eigenvalue weighted by Gasteiger charge is 2.27. The van der Waals surface area contributed by atoms with Crippen LogP contribution >= 0.6 is 11.6 Å². The zero-order valence-corrected chi connectivity index (χ0v) is 17.4. The first-order valence-electron chi connectivity index (χ1n) is 9.11. The van der Waals surface area contributed by atoms with Gasteiger partial charge in [0.15, 0.2) is 6.61 Å². The van der Waals surface area contributed by atoms with Gasteiger partial charge in [-0.15, -0.1) is 0 Å². The average molecular weight is 437 g/mol. The molecule has 154 valence electrons. The normalized spacial score (nSPS) is 14.6. The van der Waals surface area contributed by atoms with Crippen LogP contribution in [0.25, 0.3) is 0 Å². The van der Waals surface area contributed by atoms with Crippen molar-refractivity contribution in [3.05, 3.63) is 58.6 Å². The molecular formula is C20H21ClN2O5S. The van der Waals surface area contributed by atoms with E-state index >= 15 is 0 Å². The Morgan fingerprint density at radius 2 is 1.76 bits per heavy atom. The molecule has 0 spiro atoms. The predicted molar refractivity (Wildman–Crippen MR) is 110 cm³/mol. The molecule has 0 saturated carbocycles. The molecule has 9 heteroatoms. The number of ether oxygens (including phenoxy) is 1. The quantitative estimate of drug-likeness (QED) is 0.702. The number of nitrogens with one attached hydrogen (secondary N) is 1. The third-order valence-corrected chi connectivity index (χ3v) is 6.75. The number of rotatable bonds is 6. The van der Waals surface area contributed by atoms with Crippen molar-refractivity contribution in [3.63, 3.8) is 0 Å². The molecule has 0 unspecified atom stereocenters. The zero-order valence-electron chi connectivity index (χ0n) is 15.9. The van der Waals surface area contributed by atoms with Crippen LogP contribution in [0.4, 0.5) is 5.69 Å². The van der Waals surface area contributed by atoms with Gasteiger partial charge in [0.2, 0.25) is 10.0 Å². The number of amides is 1. The number of carbonyl (C=O) groups excluding carboxylic acids is 2. The Hall–Kier alpha value is -2.42. The monoisotopic (exact) mass is 436 g/mol. The summed E-state index contributed by atoms with van der Waals surface area (Å²) in [7, 11) is -3.54. The van der Waals surface area contributed by atoms with Gasteiger partial charge in [-0.05, 0) is 61.7 Å². The minimum absolute atomic E-state index is 0.128. The van der Waals surface area contributed by atoms with E-state index in [0.717, 1.165) is 18.4 Å². The van der Waals surface area contributed by atoms with Crippen LogP contribution in [0.3, 0.4) is 0 Å². The van der Waals surface area contributed by atoms with Crippen molar-refractivity contribution in [1.82, 2.24) is 4.31 Å². The number of carbonyl (C=O) groups is 2. The summed E-state index contributed by atoms with van der Waals surface area (Å²) in [6.07, 6.45) is 1.69. The molecule has 1 fully saturated rings. The van der Waals surface area contributed by atoms with E-state index < -0.39 is 28.5 Å². The highest BCUT2D eigenvalue weighted by molar-refractivity contribution is 7.89. The number of sulfonamides is 1. The van der Waals surface area contributed by atoms with Crippen LogP contribution in [0, 0.1) is 6.92 Å². The van der Waals surface area contributed by atoms with Crippen LogP contribution in [0.2, 0.25) is 5.02 Å². The van der Waals surface area contributed by atoms with Crippen LogP contribution in [-0.2, 0) is 19.6 Å². The Kier molecular flexibility index (Phi) is 6.56. The Labute approximate surface area is 174 Å². The molecule has 1 saturated heterocycles. The number of aryl methyl sites for hydroxylation is 1. The second-order valence-electron chi connectivity index (χ2n) is 6.74. The first kappa shape index (κ1) is 21.3. The lowest BCUT2D eigenvalue weighted by molar-refractivity contribution is -0.119. The highest BCUT2D eigenvalue weighted by atomic mass is 35.5. The van der Waals surface area contributed by atoms with Gasteiger partial charge < -0.3 is 10.1 Å². The van der Waals surface area contributed by atoms with Crippen LogP contribution in [0.5, 0.6) is 0 Å².